The third-order valence-electron chi connectivity index (χ3n) is 4.26. The number of nitriles is 1. The lowest BCUT2D eigenvalue weighted by molar-refractivity contribution is -0.149. The molecule has 31 heavy (non-hydrogen) atoms. The van der Waals surface area contributed by atoms with Crippen molar-refractivity contribution in [2.24, 2.45) is 0 Å². The number of esters is 1. The van der Waals surface area contributed by atoms with Crippen LogP contribution in [0.4, 0.5) is 5.69 Å². The van der Waals surface area contributed by atoms with Crippen molar-refractivity contribution in [3.8, 4) is 6.07 Å². The van der Waals surface area contributed by atoms with Crippen molar-refractivity contribution in [2.45, 2.75) is 12.5 Å². The van der Waals surface area contributed by atoms with Crippen LogP contribution in [-0.4, -0.2) is 30.4 Å². The maximum absolute atomic E-state index is 12.6. The molecule has 0 radical (unpaired) electrons. The molecule has 2 amide bonds. The third kappa shape index (κ3) is 6.30. The minimum atomic E-state index is -1.01. The van der Waals surface area contributed by atoms with Gasteiger partial charge in [-0.25, -0.2) is 4.79 Å². The van der Waals surface area contributed by atoms with Crippen LogP contribution >= 0.6 is 0 Å². The van der Waals surface area contributed by atoms with E-state index in [9.17, 15) is 14.4 Å². The second-order valence-electron chi connectivity index (χ2n) is 6.54. The van der Waals surface area contributed by atoms with Gasteiger partial charge in [-0.15, -0.1) is 0 Å². The van der Waals surface area contributed by atoms with E-state index in [1.54, 1.807) is 30.3 Å². The molecule has 0 bridgehead atoms. The summed E-state index contributed by atoms with van der Waals surface area (Å²) in [6, 6.07) is 19.4. The number of nitrogens with one attached hydrogen (secondary N) is 2. The summed E-state index contributed by atoms with van der Waals surface area (Å²) in [4.78, 5) is 37.0. The van der Waals surface area contributed by atoms with E-state index in [1.807, 2.05) is 36.4 Å². The molecule has 1 aromatic heterocycles. The molecule has 2 N–H and O–H groups in total. The number of furan rings is 1. The molecule has 3 aromatic rings. The monoisotopic (exact) mass is 417 g/mol. The van der Waals surface area contributed by atoms with Gasteiger partial charge in [-0.2, -0.15) is 5.26 Å². The first-order chi connectivity index (χ1) is 15.0. The third-order valence-corrected chi connectivity index (χ3v) is 4.26. The maximum atomic E-state index is 12.6. The maximum Gasteiger partial charge on any atom is 0.329 e. The molecule has 0 aliphatic heterocycles. The Hall–Kier alpha value is -4.38. The lowest BCUT2D eigenvalue weighted by Crippen LogP contribution is -2.44. The van der Waals surface area contributed by atoms with E-state index in [0.717, 1.165) is 5.56 Å². The molecule has 0 fully saturated rings. The standard InChI is InChI=1S/C23H19N3O5/c24-14-17-8-10-18(11-9-17)25-21(27)15-31-23(29)19(13-16-5-2-1-3-6-16)26-22(28)20-7-4-12-30-20/h1-12,19H,13,15H2,(H,25,27)(H,26,28)/t19-/m0/s1. The Bertz CT molecular complexity index is 1070. The van der Waals surface area contributed by atoms with E-state index in [1.165, 1.54) is 12.3 Å². The number of hydrogen-bond acceptors (Lipinski definition) is 6. The molecule has 0 unspecified atom stereocenters. The SMILES string of the molecule is N#Cc1ccc(NC(=O)COC(=O)[C@H](Cc2ccccc2)NC(=O)c2ccco2)cc1. The van der Waals surface area contributed by atoms with Gasteiger partial charge >= 0.3 is 5.97 Å². The predicted octanol–water partition coefficient (Wildman–Crippen LogP) is 2.67. The number of anilines is 1. The van der Waals surface area contributed by atoms with E-state index >= 15 is 0 Å². The normalized spacial score (nSPS) is 11.1. The number of rotatable bonds is 8. The van der Waals surface area contributed by atoms with Crippen molar-refractivity contribution in [3.63, 3.8) is 0 Å². The van der Waals surface area contributed by atoms with E-state index in [0.29, 0.717) is 11.3 Å². The van der Waals surface area contributed by atoms with Gasteiger partial charge in [0.2, 0.25) is 0 Å². The Morgan fingerprint density at radius 3 is 2.39 bits per heavy atom. The van der Waals surface area contributed by atoms with Crippen LogP contribution in [-0.2, 0) is 20.7 Å². The Labute approximate surface area is 178 Å². The number of hydrogen-bond donors (Lipinski definition) is 2. The summed E-state index contributed by atoms with van der Waals surface area (Å²) >= 11 is 0. The molecule has 8 heteroatoms. The van der Waals surface area contributed by atoms with Gasteiger partial charge in [0.05, 0.1) is 17.9 Å². The molecule has 0 aliphatic carbocycles. The minimum absolute atomic E-state index is 0.0596. The summed E-state index contributed by atoms with van der Waals surface area (Å²) in [6.45, 7) is -0.527. The van der Waals surface area contributed by atoms with Crippen molar-refractivity contribution >= 4 is 23.5 Å². The predicted molar refractivity (Wildman–Crippen MR) is 111 cm³/mol. The van der Waals surface area contributed by atoms with Gasteiger partial charge in [-0.05, 0) is 42.0 Å². The highest BCUT2D eigenvalue weighted by molar-refractivity contribution is 5.96. The molecule has 2 aromatic carbocycles. The number of ether oxygens (including phenoxy) is 1. The fraction of sp³-hybridized carbons (Fsp3) is 0.130. The molecule has 0 spiro atoms. The van der Waals surface area contributed by atoms with Gasteiger partial charge < -0.3 is 19.8 Å². The van der Waals surface area contributed by atoms with Crippen molar-refractivity contribution in [3.05, 3.63) is 89.9 Å². The minimum Gasteiger partial charge on any atom is -0.459 e. The van der Waals surface area contributed by atoms with Crippen LogP contribution in [0.5, 0.6) is 0 Å². The Morgan fingerprint density at radius 1 is 1.00 bits per heavy atom. The zero-order valence-electron chi connectivity index (χ0n) is 16.4. The van der Waals surface area contributed by atoms with Crippen molar-refractivity contribution in [1.82, 2.24) is 5.32 Å². The summed E-state index contributed by atoms with van der Waals surface area (Å²) in [5.74, 6) is -1.80. The van der Waals surface area contributed by atoms with E-state index in [4.69, 9.17) is 14.4 Å². The van der Waals surface area contributed by atoms with E-state index in [2.05, 4.69) is 10.6 Å². The lowest BCUT2D eigenvalue weighted by Gasteiger charge is -2.17. The lowest BCUT2D eigenvalue weighted by atomic mass is 10.1. The second-order valence-corrected chi connectivity index (χ2v) is 6.54. The number of amides is 2. The highest BCUT2D eigenvalue weighted by Gasteiger charge is 2.25. The van der Waals surface area contributed by atoms with Crippen LogP contribution < -0.4 is 10.6 Å². The number of carbonyl (C=O) groups is 3. The fourth-order valence-electron chi connectivity index (χ4n) is 2.74. The van der Waals surface area contributed by atoms with Gasteiger partial charge in [0, 0.05) is 12.1 Å². The number of nitrogens with zero attached hydrogens (tertiary/aromatic N) is 1. The quantitative estimate of drug-likeness (QED) is 0.544. The average Bonchev–Trinajstić information content (AvgIpc) is 3.33. The van der Waals surface area contributed by atoms with Crippen molar-refractivity contribution < 1.29 is 23.5 Å². The zero-order chi connectivity index (χ0) is 22.1. The molecule has 0 saturated carbocycles. The van der Waals surface area contributed by atoms with Crippen molar-refractivity contribution in [2.75, 3.05) is 11.9 Å². The molecular weight excluding hydrogens is 398 g/mol. The molecule has 1 atom stereocenters. The highest BCUT2D eigenvalue weighted by Crippen LogP contribution is 2.10. The van der Waals surface area contributed by atoms with Crippen LogP contribution in [0, 0.1) is 11.3 Å². The highest BCUT2D eigenvalue weighted by atomic mass is 16.5. The number of carbonyl (C=O) groups excluding carboxylic acids is 3. The summed E-state index contributed by atoms with van der Waals surface area (Å²) < 4.78 is 10.2. The largest absolute Gasteiger partial charge is 0.459 e. The molecule has 156 valence electrons. The van der Waals surface area contributed by atoms with E-state index in [-0.39, 0.29) is 12.2 Å². The van der Waals surface area contributed by atoms with Gasteiger partial charge in [-0.3, -0.25) is 9.59 Å². The molecule has 8 nitrogen and oxygen atoms in total. The zero-order valence-corrected chi connectivity index (χ0v) is 16.4. The molecular formula is C23H19N3O5. The average molecular weight is 417 g/mol. The topological polar surface area (TPSA) is 121 Å². The Kier molecular flexibility index (Phi) is 7.16. The van der Waals surface area contributed by atoms with Gasteiger partial charge in [-0.1, -0.05) is 30.3 Å². The van der Waals surface area contributed by atoms with Crippen LogP contribution in [0.25, 0.3) is 0 Å². The summed E-state index contributed by atoms with van der Waals surface area (Å²) in [7, 11) is 0. The van der Waals surface area contributed by atoms with Crippen LogP contribution in [0.2, 0.25) is 0 Å². The summed E-state index contributed by atoms with van der Waals surface area (Å²) in [5.41, 5.74) is 1.73. The van der Waals surface area contributed by atoms with Crippen LogP contribution in [0.3, 0.4) is 0 Å². The van der Waals surface area contributed by atoms with Gasteiger partial charge in [0.15, 0.2) is 12.4 Å². The number of benzene rings is 2. The Balaban J connectivity index is 1.60. The molecule has 3 rings (SSSR count). The summed E-state index contributed by atoms with van der Waals surface area (Å²) in [6.07, 6.45) is 1.54. The first kappa shape index (κ1) is 21.3. The van der Waals surface area contributed by atoms with E-state index < -0.39 is 30.4 Å². The first-order valence-electron chi connectivity index (χ1n) is 9.40. The van der Waals surface area contributed by atoms with Gasteiger partial charge in [0.1, 0.15) is 6.04 Å². The smallest absolute Gasteiger partial charge is 0.329 e. The molecule has 1 heterocycles. The van der Waals surface area contributed by atoms with Crippen molar-refractivity contribution in [1.29, 1.82) is 5.26 Å². The molecule has 0 aliphatic rings. The fourth-order valence-corrected chi connectivity index (χ4v) is 2.74. The van der Waals surface area contributed by atoms with Crippen LogP contribution in [0.15, 0.2) is 77.4 Å². The van der Waals surface area contributed by atoms with Crippen LogP contribution in [0.1, 0.15) is 21.7 Å². The second kappa shape index (κ2) is 10.4. The molecule has 0 saturated heterocycles. The summed E-state index contributed by atoms with van der Waals surface area (Å²) in [5, 5.41) is 14.0. The Morgan fingerprint density at radius 2 is 1.74 bits per heavy atom. The van der Waals surface area contributed by atoms with Gasteiger partial charge in [0.25, 0.3) is 11.8 Å². The first-order valence-corrected chi connectivity index (χ1v) is 9.40.